The first-order chi connectivity index (χ1) is 9.32. The number of carbonyl (C=O) groups excluding carboxylic acids is 1. The predicted octanol–water partition coefficient (Wildman–Crippen LogP) is 0.794. The monoisotopic (exact) mass is 284 g/mol. The average Bonchev–Trinajstić information content (AvgIpc) is 2.26. The quantitative estimate of drug-likeness (QED) is 0.802. The van der Waals surface area contributed by atoms with Crippen molar-refractivity contribution in [3.63, 3.8) is 0 Å². The summed E-state index contributed by atoms with van der Waals surface area (Å²) in [4.78, 5) is 14.0. The van der Waals surface area contributed by atoms with Gasteiger partial charge in [0.1, 0.15) is 5.60 Å². The van der Waals surface area contributed by atoms with Crippen LogP contribution >= 0.6 is 0 Å². The fourth-order valence-corrected chi connectivity index (χ4v) is 2.51. The Kier molecular flexibility index (Phi) is 4.88. The highest BCUT2D eigenvalue weighted by Crippen LogP contribution is 2.21. The number of amides is 1. The molecule has 1 saturated carbocycles. The lowest BCUT2D eigenvalue weighted by molar-refractivity contribution is 0.0368. The molecule has 1 saturated heterocycles. The van der Waals surface area contributed by atoms with Crippen LogP contribution in [0.5, 0.6) is 0 Å². The van der Waals surface area contributed by atoms with Gasteiger partial charge < -0.3 is 15.0 Å². The molecule has 0 aromatic heterocycles. The van der Waals surface area contributed by atoms with E-state index in [1.165, 1.54) is 0 Å². The normalized spacial score (nSPS) is 28.8. The number of nitrogens with zero attached hydrogens (tertiary/aromatic N) is 2. The largest absolute Gasteiger partial charge is 0.444 e. The number of ether oxygens (including phenoxy) is 1. The van der Waals surface area contributed by atoms with Crippen molar-refractivity contribution < 1.29 is 9.53 Å². The van der Waals surface area contributed by atoms with E-state index in [1.807, 2.05) is 20.8 Å². The molecule has 2 fully saturated rings. The lowest BCUT2D eigenvalue weighted by Gasteiger charge is -2.42. The van der Waals surface area contributed by atoms with Gasteiger partial charge in [-0.05, 0) is 40.7 Å². The molecule has 0 spiro atoms. The first-order valence-electron chi connectivity index (χ1n) is 7.51. The maximum absolute atomic E-state index is 11.6. The minimum absolute atomic E-state index is 0.245. The average molecular weight is 284 g/mol. The molecule has 1 amide bonds. The van der Waals surface area contributed by atoms with E-state index in [4.69, 9.17) is 4.74 Å². The summed E-state index contributed by atoms with van der Waals surface area (Å²) in [5, 5.41) is 5.22. The van der Waals surface area contributed by atoms with Crippen molar-refractivity contribution in [1.29, 1.82) is 0 Å². The SMILES string of the molecule is CN1CCN(NC2CC(NC(=O)OC(C)(C)C)C2)CC1. The van der Waals surface area contributed by atoms with Gasteiger partial charge in [-0.2, -0.15) is 0 Å². The molecule has 20 heavy (non-hydrogen) atoms. The zero-order chi connectivity index (χ0) is 14.8. The van der Waals surface area contributed by atoms with Gasteiger partial charge in [0.05, 0.1) is 0 Å². The van der Waals surface area contributed by atoms with Gasteiger partial charge in [0.2, 0.25) is 0 Å². The molecule has 0 unspecified atom stereocenters. The van der Waals surface area contributed by atoms with Crippen LogP contribution in [-0.4, -0.2) is 66.9 Å². The summed E-state index contributed by atoms with van der Waals surface area (Å²) in [5.74, 6) is 0. The van der Waals surface area contributed by atoms with Crippen LogP contribution in [0.2, 0.25) is 0 Å². The Hall–Kier alpha value is -0.850. The summed E-state index contributed by atoms with van der Waals surface area (Å²) in [6.45, 7) is 9.99. The van der Waals surface area contributed by atoms with Crippen molar-refractivity contribution in [1.82, 2.24) is 20.7 Å². The van der Waals surface area contributed by atoms with E-state index in [9.17, 15) is 4.79 Å². The lowest BCUT2D eigenvalue weighted by atomic mass is 9.87. The molecule has 116 valence electrons. The van der Waals surface area contributed by atoms with E-state index in [0.717, 1.165) is 39.0 Å². The third kappa shape index (κ3) is 4.92. The molecule has 0 bridgehead atoms. The molecule has 0 aromatic carbocycles. The molecule has 0 radical (unpaired) electrons. The van der Waals surface area contributed by atoms with E-state index in [0.29, 0.717) is 6.04 Å². The van der Waals surface area contributed by atoms with Crippen LogP contribution in [0.15, 0.2) is 0 Å². The molecule has 1 aliphatic heterocycles. The summed E-state index contributed by atoms with van der Waals surface area (Å²) in [6.07, 6.45) is 1.65. The van der Waals surface area contributed by atoms with Crippen LogP contribution in [0.25, 0.3) is 0 Å². The molecule has 6 nitrogen and oxygen atoms in total. The van der Waals surface area contributed by atoms with Crippen molar-refractivity contribution in [2.75, 3.05) is 33.2 Å². The summed E-state index contributed by atoms with van der Waals surface area (Å²) in [5.41, 5.74) is 3.12. The van der Waals surface area contributed by atoms with Crippen LogP contribution in [-0.2, 0) is 4.74 Å². The number of rotatable bonds is 3. The Bertz CT molecular complexity index is 329. The summed E-state index contributed by atoms with van der Waals surface area (Å²) < 4.78 is 5.25. The fourth-order valence-electron chi connectivity index (χ4n) is 2.51. The third-order valence-corrected chi connectivity index (χ3v) is 3.73. The zero-order valence-corrected chi connectivity index (χ0v) is 13.1. The summed E-state index contributed by atoms with van der Waals surface area (Å²) >= 11 is 0. The second-order valence-corrected chi connectivity index (χ2v) is 6.93. The molecular weight excluding hydrogens is 256 g/mol. The first-order valence-corrected chi connectivity index (χ1v) is 7.51. The maximum atomic E-state index is 11.6. The standard InChI is InChI=1S/C14H28N4O2/c1-14(2,3)20-13(19)15-11-9-12(10-11)16-18-7-5-17(4)6-8-18/h11-12,16H,5-10H2,1-4H3,(H,15,19). The van der Waals surface area contributed by atoms with Crippen LogP contribution < -0.4 is 10.7 Å². The molecule has 0 aromatic rings. The molecule has 0 atom stereocenters. The second-order valence-electron chi connectivity index (χ2n) is 6.93. The number of hydrazine groups is 1. The molecule has 1 aliphatic carbocycles. The smallest absolute Gasteiger partial charge is 0.407 e. The minimum Gasteiger partial charge on any atom is -0.444 e. The van der Waals surface area contributed by atoms with Crippen LogP contribution in [0.3, 0.4) is 0 Å². The lowest BCUT2D eigenvalue weighted by Crippen LogP contribution is -2.60. The number of hydrogen-bond donors (Lipinski definition) is 2. The Balaban J connectivity index is 1.59. The predicted molar refractivity (Wildman–Crippen MR) is 78.4 cm³/mol. The van der Waals surface area contributed by atoms with E-state index < -0.39 is 5.60 Å². The van der Waals surface area contributed by atoms with Crippen molar-refractivity contribution in [3.05, 3.63) is 0 Å². The van der Waals surface area contributed by atoms with Gasteiger partial charge in [-0.3, -0.25) is 5.43 Å². The number of nitrogens with one attached hydrogen (secondary N) is 2. The summed E-state index contributed by atoms with van der Waals surface area (Å²) in [7, 11) is 2.15. The highest BCUT2D eigenvalue weighted by atomic mass is 16.6. The van der Waals surface area contributed by atoms with Gasteiger partial charge in [0.15, 0.2) is 0 Å². The van der Waals surface area contributed by atoms with Crippen LogP contribution in [0.4, 0.5) is 4.79 Å². The fraction of sp³-hybridized carbons (Fsp3) is 0.929. The number of carbonyl (C=O) groups is 1. The zero-order valence-electron chi connectivity index (χ0n) is 13.1. The Morgan fingerprint density at radius 2 is 1.70 bits per heavy atom. The van der Waals surface area contributed by atoms with Crippen molar-refractivity contribution in [3.8, 4) is 0 Å². The minimum atomic E-state index is -0.425. The first kappa shape index (κ1) is 15.5. The van der Waals surface area contributed by atoms with Gasteiger partial charge in [-0.1, -0.05) is 0 Å². The molecule has 2 N–H and O–H groups in total. The van der Waals surface area contributed by atoms with Crippen molar-refractivity contribution in [2.45, 2.75) is 51.3 Å². The Labute approximate surface area is 121 Å². The number of alkyl carbamates (subject to hydrolysis) is 1. The second kappa shape index (κ2) is 6.28. The van der Waals surface area contributed by atoms with E-state index in [2.05, 4.69) is 27.7 Å². The summed E-state index contributed by atoms with van der Waals surface area (Å²) in [6, 6.07) is 0.730. The van der Waals surface area contributed by atoms with Gasteiger partial charge in [0, 0.05) is 38.3 Å². The Morgan fingerprint density at radius 1 is 1.10 bits per heavy atom. The van der Waals surface area contributed by atoms with Gasteiger partial charge >= 0.3 is 6.09 Å². The van der Waals surface area contributed by atoms with E-state index in [1.54, 1.807) is 0 Å². The number of likely N-dealkylation sites (N-methyl/N-ethyl adjacent to an activating group) is 1. The topological polar surface area (TPSA) is 56.8 Å². The number of hydrogen-bond acceptors (Lipinski definition) is 5. The highest BCUT2D eigenvalue weighted by Gasteiger charge is 2.32. The molecule has 6 heteroatoms. The van der Waals surface area contributed by atoms with Crippen molar-refractivity contribution in [2.24, 2.45) is 0 Å². The van der Waals surface area contributed by atoms with Crippen molar-refractivity contribution >= 4 is 6.09 Å². The van der Waals surface area contributed by atoms with Crippen LogP contribution in [0, 0.1) is 0 Å². The molecular formula is C14H28N4O2. The van der Waals surface area contributed by atoms with E-state index >= 15 is 0 Å². The maximum Gasteiger partial charge on any atom is 0.407 e. The van der Waals surface area contributed by atoms with Gasteiger partial charge in [-0.15, -0.1) is 0 Å². The van der Waals surface area contributed by atoms with Crippen LogP contribution in [0.1, 0.15) is 33.6 Å². The Morgan fingerprint density at radius 3 is 2.25 bits per heavy atom. The van der Waals surface area contributed by atoms with E-state index in [-0.39, 0.29) is 12.1 Å². The molecule has 2 rings (SSSR count). The number of piperazine rings is 1. The highest BCUT2D eigenvalue weighted by molar-refractivity contribution is 5.68. The van der Waals surface area contributed by atoms with Gasteiger partial charge in [-0.25, -0.2) is 9.80 Å². The third-order valence-electron chi connectivity index (χ3n) is 3.73. The molecule has 2 aliphatic rings. The molecule has 1 heterocycles. The van der Waals surface area contributed by atoms with Gasteiger partial charge in [0.25, 0.3) is 0 Å².